The molecular formula is C10H13NO3. The Kier molecular flexibility index (Phi) is 3.52. The summed E-state index contributed by atoms with van der Waals surface area (Å²) in [5, 5.41) is 11.2. The monoisotopic (exact) mass is 195 g/mol. The third kappa shape index (κ3) is 2.77. The Morgan fingerprint density at radius 3 is 2.71 bits per heavy atom. The number of carbonyl (C=O) groups is 2. The van der Waals surface area contributed by atoms with Crippen molar-refractivity contribution < 1.29 is 14.7 Å². The Balaban J connectivity index is 2.17. The first kappa shape index (κ1) is 10.6. The maximum Gasteiger partial charge on any atom is 0.307 e. The minimum atomic E-state index is -0.876. The van der Waals surface area contributed by atoms with E-state index in [0.29, 0.717) is 19.4 Å². The van der Waals surface area contributed by atoms with Gasteiger partial charge in [0.05, 0.1) is 11.8 Å². The van der Waals surface area contributed by atoms with E-state index >= 15 is 0 Å². The van der Waals surface area contributed by atoms with Crippen molar-refractivity contribution in [1.82, 2.24) is 5.32 Å². The molecule has 14 heavy (non-hydrogen) atoms. The summed E-state index contributed by atoms with van der Waals surface area (Å²) in [5.74, 6) is 3.72. The molecule has 0 bridgehead atoms. The van der Waals surface area contributed by atoms with Crippen LogP contribution in [0, 0.1) is 23.7 Å². The van der Waals surface area contributed by atoms with E-state index in [1.807, 2.05) is 0 Å². The van der Waals surface area contributed by atoms with Crippen LogP contribution in [0.1, 0.15) is 19.8 Å². The van der Waals surface area contributed by atoms with Gasteiger partial charge in [-0.3, -0.25) is 9.59 Å². The molecule has 0 radical (unpaired) electrons. The molecule has 4 heteroatoms. The van der Waals surface area contributed by atoms with Crippen LogP contribution >= 0.6 is 0 Å². The van der Waals surface area contributed by atoms with Gasteiger partial charge in [-0.05, 0) is 13.3 Å². The van der Waals surface area contributed by atoms with Crippen molar-refractivity contribution in [2.24, 2.45) is 11.8 Å². The molecule has 0 spiro atoms. The fourth-order valence-corrected chi connectivity index (χ4v) is 1.26. The number of amides is 1. The molecule has 1 fully saturated rings. The Morgan fingerprint density at radius 2 is 2.21 bits per heavy atom. The molecule has 2 unspecified atom stereocenters. The third-order valence-electron chi connectivity index (χ3n) is 2.17. The molecule has 4 nitrogen and oxygen atoms in total. The van der Waals surface area contributed by atoms with Crippen LogP contribution in [0.15, 0.2) is 0 Å². The topological polar surface area (TPSA) is 66.4 Å². The van der Waals surface area contributed by atoms with E-state index in [4.69, 9.17) is 5.11 Å². The van der Waals surface area contributed by atoms with Gasteiger partial charge < -0.3 is 10.4 Å². The highest BCUT2D eigenvalue weighted by Crippen LogP contribution is 2.38. The van der Waals surface area contributed by atoms with Crippen molar-refractivity contribution in [3.05, 3.63) is 0 Å². The van der Waals surface area contributed by atoms with Crippen LogP contribution in [0.4, 0.5) is 0 Å². The van der Waals surface area contributed by atoms with Crippen LogP contribution < -0.4 is 5.32 Å². The second kappa shape index (κ2) is 4.66. The zero-order chi connectivity index (χ0) is 10.6. The van der Waals surface area contributed by atoms with Crippen molar-refractivity contribution in [3.8, 4) is 11.8 Å². The summed E-state index contributed by atoms with van der Waals surface area (Å²) in [6, 6.07) is 0. The zero-order valence-corrected chi connectivity index (χ0v) is 8.04. The molecule has 0 aromatic carbocycles. The minimum Gasteiger partial charge on any atom is -0.481 e. The average Bonchev–Trinajstić information content (AvgIpc) is 2.91. The van der Waals surface area contributed by atoms with E-state index in [0.717, 1.165) is 0 Å². The fraction of sp³-hybridized carbons (Fsp3) is 0.600. The molecule has 1 aliphatic carbocycles. The summed E-state index contributed by atoms with van der Waals surface area (Å²) < 4.78 is 0. The van der Waals surface area contributed by atoms with Gasteiger partial charge in [-0.25, -0.2) is 0 Å². The number of carboxylic acids is 1. The highest BCUT2D eigenvalue weighted by Gasteiger charge is 2.48. The Labute approximate surface area is 82.7 Å². The number of carboxylic acid groups (broad SMARTS) is 1. The molecule has 1 rings (SSSR count). The Bertz CT molecular complexity index is 300. The highest BCUT2D eigenvalue weighted by molar-refractivity contribution is 5.89. The number of nitrogens with one attached hydrogen (secondary N) is 1. The number of hydrogen-bond donors (Lipinski definition) is 2. The lowest BCUT2D eigenvalue weighted by Crippen LogP contribution is -2.27. The molecule has 0 aliphatic heterocycles. The highest BCUT2D eigenvalue weighted by atomic mass is 16.4. The van der Waals surface area contributed by atoms with Gasteiger partial charge in [-0.2, -0.15) is 0 Å². The second-order valence-electron chi connectivity index (χ2n) is 3.25. The van der Waals surface area contributed by atoms with Crippen molar-refractivity contribution >= 4 is 11.9 Å². The fourth-order valence-electron chi connectivity index (χ4n) is 1.26. The molecule has 1 amide bonds. The van der Waals surface area contributed by atoms with Crippen LogP contribution in [-0.2, 0) is 9.59 Å². The molecular weight excluding hydrogens is 182 g/mol. The van der Waals surface area contributed by atoms with Crippen molar-refractivity contribution in [3.63, 3.8) is 0 Å². The maximum absolute atomic E-state index is 11.3. The zero-order valence-electron chi connectivity index (χ0n) is 8.04. The first-order valence-electron chi connectivity index (χ1n) is 4.57. The van der Waals surface area contributed by atoms with Crippen molar-refractivity contribution in [2.45, 2.75) is 19.8 Å². The molecule has 0 aromatic rings. The van der Waals surface area contributed by atoms with Crippen LogP contribution in [0.25, 0.3) is 0 Å². The van der Waals surface area contributed by atoms with Crippen molar-refractivity contribution in [2.75, 3.05) is 6.54 Å². The van der Waals surface area contributed by atoms with Gasteiger partial charge in [-0.15, -0.1) is 11.8 Å². The van der Waals surface area contributed by atoms with Crippen LogP contribution in [0.3, 0.4) is 0 Å². The molecule has 0 aromatic heterocycles. The van der Waals surface area contributed by atoms with Gasteiger partial charge in [0.1, 0.15) is 0 Å². The maximum atomic E-state index is 11.3. The molecule has 0 saturated heterocycles. The molecule has 1 saturated carbocycles. The molecule has 1 aliphatic rings. The predicted octanol–water partition coefficient (Wildman–Crippen LogP) is 0.237. The first-order valence-corrected chi connectivity index (χ1v) is 4.57. The van der Waals surface area contributed by atoms with E-state index in [1.165, 1.54) is 0 Å². The van der Waals surface area contributed by atoms with Gasteiger partial charge >= 0.3 is 5.97 Å². The lowest BCUT2D eigenvalue weighted by molar-refractivity contribution is -0.140. The third-order valence-corrected chi connectivity index (χ3v) is 2.17. The first-order chi connectivity index (χ1) is 6.66. The lowest BCUT2D eigenvalue weighted by atomic mass is 10.3. The smallest absolute Gasteiger partial charge is 0.307 e. The minimum absolute atomic E-state index is 0.157. The Hall–Kier alpha value is -1.50. The lowest BCUT2D eigenvalue weighted by Gasteiger charge is -2.00. The van der Waals surface area contributed by atoms with E-state index in [9.17, 15) is 9.59 Å². The van der Waals surface area contributed by atoms with Crippen LogP contribution in [-0.4, -0.2) is 23.5 Å². The predicted molar refractivity (Wildman–Crippen MR) is 50.3 cm³/mol. The summed E-state index contributed by atoms with van der Waals surface area (Å²) in [6.45, 7) is 2.24. The van der Waals surface area contributed by atoms with E-state index in [-0.39, 0.29) is 11.8 Å². The van der Waals surface area contributed by atoms with Gasteiger partial charge in [-0.1, -0.05) is 0 Å². The average molecular weight is 195 g/mol. The number of rotatable bonds is 4. The van der Waals surface area contributed by atoms with Gasteiger partial charge in [0.25, 0.3) is 0 Å². The number of carbonyl (C=O) groups excluding carboxylic acids is 1. The number of aliphatic carboxylic acids is 1. The van der Waals surface area contributed by atoms with E-state index < -0.39 is 11.9 Å². The normalized spacial score (nSPS) is 23.2. The second-order valence-corrected chi connectivity index (χ2v) is 3.25. The quantitative estimate of drug-likeness (QED) is 0.498. The summed E-state index contributed by atoms with van der Waals surface area (Å²) in [6.07, 6.45) is 1.09. The SMILES string of the molecule is CC#CCCNC(=O)C1CC1C(=O)O. The van der Waals surface area contributed by atoms with Crippen LogP contribution in [0.5, 0.6) is 0 Å². The van der Waals surface area contributed by atoms with Gasteiger partial charge in [0.2, 0.25) is 5.91 Å². The summed E-state index contributed by atoms with van der Waals surface area (Å²) >= 11 is 0. The Morgan fingerprint density at radius 1 is 1.50 bits per heavy atom. The molecule has 2 N–H and O–H groups in total. The van der Waals surface area contributed by atoms with Crippen LogP contribution in [0.2, 0.25) is 0 Å². The van der Waals surface area contributed by atoms with Crippen molar-refractivity contribution in [1.29, 1.82) is 0 Å². The summed E-state index contributed by atoms with van der Waals surface area (Å²) in [5.41, 5.74) is 0. The summed E-state index contributed by atoms with van der Waals surface area (Å²) in [7, 11) is 0. The summed E-state index contributed by atoms with van der Waals surface area (Å²) in [4.78, 5) is 21.7. The van der Waals surface area contributed by atoms with Gasteiger partial charge in [0.15, 0.2) is 0 Å². The largest absolute Gasteiger partial charge is 0.481 e. The van der Waals surface area contributed by atoms with E-state index in [1.54, 1.807) is 6.92 Å². The molecule has 76 valence electrons. The number of hydrogen-bond acceptors (Lipinski definition) is 2. The van der Waals surface area contributed by atoms with E-state index in [2.05, 4.69) is 17.2 Å². The molecule has 2 atom stereocenters. The molecule has 0 heterocycles. The van der Waals surface area contributed by atoms with Gasteiger partial charge in [0, 0.05) is 13.0 Å². The standard InChI is InChI=1S/C10H13NO3/c1-2-3-4-5-11-9(12)7-6-8(7)10(13)14/h7-8H,4-6H2,1H3,(H,11,12)(H,13,14).